The van der Waals surface area contributed by atoms with Crippen molar-refractivity contribution in [1.29, 1.82) is 0 Å². The van der Waals surface area contributed by atoms with E-state index in [4.69, 9.17) is 11.2 Å². The zero-order valence-corrected chi connectivity index (χ0v) is 10.1. The summed E-state index contributed by atoms with van der Waals surface area (Å²) in [5.41, 5.74) is 0.470. The van der Waals surface area contributed by atoms with Crippen LogP contribution in [-0.4, -0.2) is 24.0 Å². The van der Waals surface area contributed by atoms with Crippen LogP contribution in [0.3, 0.4) is 0 Å². The molecule has 0 bridgehead atoms. The second-order valence-corrected chi connectivity index (χ2v) is 3.56. The number of amides is 1. The number of hydrogen-bond acceptors (Lipinski definition) is 3. The van der Waals surface area contributed by atoms with Crippen LogP contribution in [0.25, 0.3) is 0 Å². The lowest BCUT2D eigenvalue weighted by atomic mass is 10.1. The third-order valence-electron chi connectivity index (χ3n) is 2.44. The van der Waals surface area contributed by atoms with E-state index in [-0.39, 0.29) is 11.9 Å². The van der Waals surface area contributed by atoms with Crippen molar-refractivity contribution in [3.63, 3.8) is 0 Å². The van der Waals surface area contributed by atoms with Gasteiger partial charge in [0.2, 0.25) is 0 Å². The zero-order chi connectivity index (χ0) is 12.7. The average molecular weight is 232 g/mol. The van der Waals surface area contributed by atoms with E-state index in [0.717, 1.165) is 6.42 Å². The van der Waals surface area contributed by atoms with E-state index in [0.29, 0.717) is 17.7 Å². The highest BCUT2D eigenvalue weighted by Gasteiger charge is 2.15. The van der Waals surface area contributed by atoms with Crippen LogP contribution in [-0.2, 0) is 0 Å². The van der Waals surface area contributed by atoms with E-state index in [1.165, 1.54) is 13.3 Å². The number of nitrogens with zero attached hydrogens (tertiary/aromatic N) is 1. The third-order valence-corrected chi connectivity index (χ3v) is 2.44. The molecule has 1 unspecified atom stereocenters. The maximum Gasteiger partial charge on any atom is 0.255 e. The Labute approximate surface area is 101 Å². The predicted octanol–water partition coefficient (Wildman–Crippen LogP) is 1.62. The van der Waals surface area contributed by atoms with Gasteiger partial charge in [0.15, 0.2) is 0 Å². The summed E-state index contributed by atoms with van der Waals surface area (Å²) in [7, 11) is 1.51. The predicted molar refractivity (Wildman–Crippen MR) is 65.8 cm³/mol. The largest absolute Gasteiger partial charge is 0.494 e. The minimum atomic E-state index is -0.189. The van der Waals surface area contributed by atoms with E-state index in [1.807, 2.05) is 6.92 Å². The van der Waals surface area contributed by atoms with Gasteiger partial charge in [-0.05, 0) is 12.5 Å². The Morgan fingerprint density at radius 1 is 1.71 bits per heavy atom. The summed E-state index contributed by atoms with van der Waals surface area (Å²) >= 11 is 0. The summed E-state index contributed by atoms with van der Waals surface area (Å²) in [6.07, 6.45) is 9.62. The maximum absolute atomic E-state index is 12.0. The normalized spacial score (nSPS) is 11.4. The lowest BCUT2D eigenvalue weighted by Gasteiger charge is -2.15. The van der Waals surface area contributed by atoms with Crippen molar-refractivity contribution in [2.75, 3.05) is 7.11 Å². The highest BCUT2D eigenvalue weighted by molar-refractivity contribution is 5.96. The molecule has 1 atom stereocenters. The number of ether oxygens (including phenoxy) is 1. The molecule has 1 aromatic heterocycles. The molecule has 1 rings (SSSR count). The minimum absolute atomic E-state index is 0.00892. The number of rotatable bonds is 5. The molecule has 0 aromatic carbocycles. The quantitative estimate of drug-likeness (QED) is 0.785. The monoisotopic (exact) mass is 232 g/mol. The maximum atomic E-state index is 12.0. The van der Waals surface area contributed by atoms with E-state index in [2.05, 4.69) is 16.2 Å². The molecule has 0 aliphatic heterocycles. The van der Waals surface area contributed by atoms with Gasteiger partial charge < -0.3 is 10.1 Å². The summed E-state index contributed by atoms with van der Waals surface area (Å²) in [4.78, 5) is 15.9. The Balaban J connectivity index is 2.79. The molecule has 0 aliphatic rings. The molecule has 1 amide bonds. The molecule has 0 aliphatic carbocycles. The number of pyridine rings is 1. The molecular formula is C13H16N2O2. The molecule has 17 heavy (non-hydrogen) atoms. The van der Waals surface area contributed by atoms with E-state index in [9.17, 15) is 4.79 Å². The smallest absolute Gasteiger partial charge is 0.255 e. The van der Waals surface area contributed by atoms with Gasteiger partial charge in [0.1, 0.15) is 5.75 Å². The first-order valence-electron chi connectivity index (χ1n) is 5.45. The minimum Gasteiger partial charge on any atom is -0.494 e. The molecule has 0 fully saturated rings. The fourth-order valence-electron chi connectivity index (χ4n) is 1.43. The van der Waals surface area contributed by atoms with Crippen LogP contribution in [0.1, 0.15) is 30.1 Å². The van der Waals surface area contributed by atoms with Crippen molar-refractivity contribution in [3.05, 3.63) is 24.0 Å². The van der Waals surface area contributed by atoms with E-state index in [1.54, 1.807) is 12.3 Å². The Morgan fingerprint density at radius 2 is 2.47 bits per heavy atom. The SMILES string of the molecule is C#CCC(CC)NC(=O)c1ccncc1OC. The Morgan fingerprint density at radius 3 is 3.06 bits per heavy atom. The number of carbonyl (C=O) groups is 1. The number of terminal acetylenes is 1. The van der Waals surface area contributed by atoms with Crippen molar-refractivity contribution in [2.45, 2.75) is 25.8 Å². The zero-order valence-electron chi connectivity index (χ0n) is 10.1. The fraction of sp³-hybridized carbons (Fsp3) is 0.385. The number of nitrogens with one attached hydrogen (secondary N) is 1. The summed E-state index contributed by atoms with van der Waals surface area (Å²) in [6.45, 7) is 1.98. The number of carbonyl (C=O) groups excluding carboxylic acids is 1. The van der Waals surface area contributed by atoms with E-state index < -0.39 is 0 Å². The summed E-state index contributed by atoms with van der Waals surface area (Å²) in [5.74, 6) is 2.82. The van der Waals surface area contributed by atoms with Crippen LogP contribution < -0.4 is 10.1 Å². The highest BCUT2D eigenvalue weighted by atomic mass is 16.5. The molecule has 1 heterocycles. The molecule has 0 spiro atoms. The van der Waals surface area contributed by atoms with Crippen molar-refractivity contribution in [1.82, 2.24) is 10.3 Å². The second-order valence-electron chi connectivity index (χ2n) is 3.56. The van der Waals surface area contributed by atoms with Crippen LogP contribution in [0.4, 0.5) is 0 Å². The van der Waals surface area contributed by atoms with Gasteiger partial charge in [-0.1, -0.05) is 6.92 Å². The first-order valence-corrected chi connectivity index (χ1v) is 5.45. The summed E-state index contributed by atoms with van der Waals surface area (Å²) < 4.78 is 5.08. The van der Waals surface area contributed by atoms with Gasteiger partial charge in [-0.3, -0.25) is 9.78 Å². The average Bonchev–Trinajstić information content (AvgIpc) is 2.38. The van der Waals surface area contributed by atoms with Gasteiger partial charge >= 0.3 is 0 Å². The van der Waals surface area contributed by atoms with Gasteiger partial charge in [-0.2, -0.15) is 0 Å². The highest BCUT2D eigenvalue weighted by Crippen LogP contribution is 2.15. The lowest BCUT2D eigenvalue weighted by Crippen LogP contribution is -2.34. The summed E-state index contributed by atoms with van der Waals surface area (Å²) in [5, 5.41) is 2.87. The summed E-state index contributed by atoms with van der Waals surface area (Å²) in [6, 6.07) is 1.61. The number of methoxy groups -OCH3 is 1. The van der Waals surface area contributed by atoms with Gasteiger partial charge in [0.05, 0.1) is 18.9 Å². The standard InChI is InChI=1S/C13H16N2O2/c1-4-6-10(5-2)15-13(16)11-7-8-14-9-12(11)17-3/h1,7-10H,5-6H2,2-3H3,(H,15,16). The molecule has 0 radical (unpaired) electrons. The van der Waals surface area contributed by atoms with Gasteiger partial charge in [-0.25, -0.2) is 0 Å². The molecule has 0 saturated carbocycles. The Hall–Kier alpha value is -2.02. The van der Waals surface area contributed by atoms with Crippen LogP contribution in [0.2, 0.25) is 0 Å². The van der Waals surface area contributed by atoms with Crippen LogP contribution in [0, 0.1) is 12.3 Å². The Kier molecular flexibility index (Phi) is 5.02. The Bertz CT molecular complexity index is 424. The first-order chi connectivity index (χ1) is 8.22. The molecule has 0 saturated heterocycles. The topological polar surface area (TPSA) is 51.2 Å². The van der Waals surface area contributed by atoms with Crippen molar-refractivity contribution in [2.24, 2.45) is 0 Å². The van der Waals surface area contributed by atoms with Crippen molar-refractivity contribution < 1.29 is 9.53 Å². The molecule has 1 N–H and O–H groups in total. The van der Waals surface area contributed by atoms with Crippen molar-refractivity contribution >= 4 is 5.91 Å². The van der Waals surface area contributed by atoms with Gasteiger partial charge in [-0.15, -0.1) is 12.3 Å². The van der Waals surface area contributed by atoms with E-state index >= 15 is 0 Å². The molecule has 4 nitrogen and oxygen atoms in total. The molecule has 90 valence electrons. The molecule has 1 aromatic rings. The molecular weight excluding hydrogens is 216 g/mol. The first kappa shape index (κ1) is 13.0. The molecule has 4 heteroatoms. The fourth-order valence-corrected chi connectivity index (χ4v) is 1.43. The second kappa shape index (κ2) is 6.54. The van der Waals surface area contributed by atoms with Crippen LogP contribution in [0.5, 0.6) is 5.75 Å². The van der Waals surface area contributed by atoms with Crippen LogP contribution >= 0.6 is 0 Å². The van der Waals surface area contributed by atoms with Crippen molar-refractivity contribution in [3.8, 4) is 18.1 Å². The van der Waals surface area contributed by atoms with Gasteiger partial charge in [0, 0.05) is 18.7 Å². The lowest BCUT2D eigenvalue weighted by molar-refractivity contribution is 0.0933. The number of aromatic nitrogens is 1. The number of hydrogen-bond donors (Lipinski definition) is 1. The third kappa shape index (κ3) is 3.49. The van der Waals surface area contributed by atoms with Gasteiger partial charge in [0.25, 0.3) is 5.91 Å². The van der Waals surface area contributed by atoms with Crippen LogP contribution in [0.15, 0.2) is 18.5 Å².